The fourth-order valence-electron chi connectivity index (χ4n) is 0.808. The van der Waals surface area contributed by atoms with Crippen LogP contribution < -0.4 is 5.32 Å². The van der Waals surface area contributed by atoms with Gasteiger partial charge in [-0.25, -0.2) is 0 Å². The summed E-state index contributed by atoms with van der Waals surface area (Å²) in [6.45, 7) is -0.285. The molecule has 0 saturated heterocycles. The summed E-state index contributed by atoms with van der Waals surface area (Å²) >= 11 is 12.1. The predicted molar refractivity (Wildman–Crippen MR) is 65.9 cm³/mol. The number of carbonyl (C=O) groups excluding carboxylic acids is 1. The van der Waals surface area contributed by atoms with E-state index >= 15 is 0 Å². The van der Waals surface area contributed by atoms with E-state index in [4.69, 9.17) is 28.3 Å². The van der Waals surface area contributed by atoms with E-state index in [9.17, 15) is 9.00 Å². The molecule has 15 heavy (non-hydrogen) atoms. The van der Waals surface area contributed by atoms with Gasteiger partial charge in [0.25, 0.3) is 5.91 Å². The lowest BCUT2D eigenvalue weighted by atomic mass is 10.3. The van der Waals surface area contributed by atoms with Crippen LogP contribution >= 0.6 is 35.0 Å². The summed E-state index contributed by atoms with van der Waals surface area (Å²) in [6, 6.07) is -0.564. The number of hydrogen-bond donors (Lipinski definition) is 2. The lowest BCUT2D eigenvalue weighted by Crippen LogP contribution is -2.43. The van der Waals surface area contributed by atoms with Crippen molar-refractivity contribution in [3.63, 3.8) is 0 Å². The summed E-state index contributed by atoms with van der Waals surface area (Å²) in [7, 11) is -1.08. The maximum Gasteiger partial charge on any atom is 0.253 e. The fourth-order valence-corrected chi connectivity index (χ4v) is 3.01. The van der Waals surface area contributed by atoms with E-state index in [-0.39, 0.29) is 12.4 Å². The molecule has 0 spiro atoms. The van der Waals surface area contributed by atoms with Crippen molar-refractivity contribution in [3.8, 4) is 0 Å². The van der Waals surface area contributed by atoms with E-state index in [1.54, 1.807) is 0 Å². The fraction of sp³-hybridized carbons (Fsp3) is 0.857. The van der Waals surface area contributed by atoms with Crippen molar-refractivity contribution in [1.82, 2.24) is 5.32 Å². The molecule has 0 rings (SSSR count). The first kappa shape index (κ1) is 15.5. The number of halogens is 2. The molecule has 90 valence electrons. The van der Waals surface area contributed by atoms with Crippen LogP contribution in [0.2, 0.25) is 0 Å². The molecule has 0 heterocycles. The molecule has 0 radical (unpaired) electrons. The Hall–Kier alpha value is 0.510. The molecule has 0 fully saturated rings. The minimum absolute atomic E-state index is 0.198. The average Bonchev–Trinajstić information content (AvgIpc) is 2.16. The molecule has 0 saturated carbocycles. The van der Waals surface area contributed by atoms with Gasteiger partial charge in [0.1, 0.15) is 0 Å². The average molecular weight is 294 g/mol. The first-order valence-electron chi connectivity index (χ1n) is 4.04. The monoisotopic (exact) mass is 293 g/mol. The summed E-state index contributed by atoms with van der Waals surface area (Å²) in [5.74, 6) is -0.387. The third-order valence-corrected chi connectivity index (χ3v) is 4.57. The number of hydrogen-bond acceptors (Lipinski definition) is 4. The van der Waals surface area contributed by atoms with E-state index in [0.717, 1.165) is 0 Å². The molecule has 0 bridgehead atoms. The smallest absolute Gasteiger partial charge is 0.253 e. The largest absolute Gasteiger partial charge is 0.394 e. The highest BCUT2D eigenvalue weighted by atomic mass is 35.5. The lowest BCUT2D eigenvalue weighted by molar-refractivity contribution is -0.120. The van der Waals surface area contributed by atoms with Crippen LogP contribution in [0, 0.1) is 0 Å². The van der Waals surface area contributed by atoms with Crippen molar-refractivity contribution in [2.45, 2.75) is 10.9 Å². The second-order valence-corrected chi connectivity index (χ2v) is 6.53. The van der Waals surface area contributed by atoms with Crippen molar-refractivity contribution in [2.75, 3.05) is 23.7 Å². The maximum absolute atomic E-state index is 11.3. The van der Waals surface area contributed by atoms with E-state index in [1.807, 2.05) is 6.26 Å². The summed E-state index contributed by atoms with van der Waals surface area (Å²) in [4.78, 5) is 9.89. The Balaban J connectivity index is 4.03. The van der Waals surface area contributed by atoms with Gasteiger partial charge in [-0.3, -0.25) is 9.00 Å². The van der Waals surface area contributed by atoms with Gasteiger partial charge in [-0.05, 0) is 6.26 Å². The van der Waals surface area contributed by atoms with Gasteiger partial charge in [0.2, 0.25) is 0 Å². The Morgan fingerprint density at radius 1 is 1.60 bits per heavy atom. The van der Waals surface area contributed by atoms with E-state index < -0.39 is 27.6 Å². The minimum Gasteiger partial charge on any atom is -0.394 e. The van der Waals surface area contributed by atoms with Crippen LogP contribution in [0.15, 0.2) is 0 Å². The SMILES string of the molecule is CSCS(=O)C[C@@H](CO)NC(=O)C(Cl)Cl. The predicted octanol–water partition coefficient (Wildman–Crippen LogP) is 0.336. The molecule has 1 unspecified atom stereocenters. The van der Waals surface area contributed by atoms with Crippen molar-refractivity contribution in [3.05, 3.63) is 0 Å². The summed E-state index contributed by atoms with van der Waals surface area (Å²) in [5, 5.41) is 11.8. The lowest BCUT2D eigenvalue weighted by Gasteiger charge is -2.15. The number of alkyl halides is 2. The molecule has 2 atom stereocenters. The molecular weight excluding hydrogens is 281 g/mol. The zero-order chi connectivity index (χ0) is 11.8. The van der Waals surface area contributed by atoms with Gasteiger partial charge < -0.3 is 10.4 Å². The van der Waals surface area contributed by atoms with Crippen LogP contribution in [0.25, 0.3) is 0 Å². The number of nitrogens with one attached hydrogen (secondary N) is 1. The molecule has 8 heteroatoms. The number of amides is 1. The second-order valence-electron chi connectivity index (χ2n) is 2.70. The van der Waals surface area contributed by atoms with Crippen LogP contribution in [0.1, 0.15) is 0 Å². The Kier molecular flexibility index (Phi) is 8.93. The molecule has 4 nitrogen and oxygen atoms in total. The van der Waals surface area contributed by atoms with Crippen molar-refractivity contribution in [2.24, 2.45) is 0 Å². The summed E-state index contributed by atoms with van der Waals surface area (Å²) in [6.07, 6.45) is 1.83. The first-order valence-corrected chi connectivity index (χ1v) is 7.80. The second kappa shape index (κ2) is 8.64. The minimum atomic E-state index is -1.17. The Morgan fingerprint density at radius 3 is 2.60 bits per heavy atom. The first-order chi connectivity index (χ1) is 7.01. The molecule has 1 amide bonds. The highest BCUT2D eigenvalue weighted by Gasteiger charge is 2.18. The summed E-state index contributed by atoms with van der Waals surface area (Å²) < 4.78 is 11.3. The molecular formula is C7H13Cl2NO3S2. The molecule has 0 aliphatic carbocycles. The molecule has 0 aromatic rings. The van der Waals surface area contributed by atoms with Gasteiger partial charge in [-0.2, -0.15) is 11.8 Å². The van der Waals surface area contributed by atoms with Crippen molar-refractivity contribution < 1.29 is 14.1 Å². The van der Waals surface area contributed by atoms with Gasteiger partial charge in [0.05, 0.1) is 17.7 Å². The topological polar surface area (TPSA) is 66.4 Å². The molecule has 2 N–H and O–H groups in total. The van der Waals surface area contributed by atoms with Crippen LogP contribution in [-0.2, 0) is 15.6 Å². The van der Waals surface area contributed by atoms with Crippen LogP contribution in [-0.4, -0.2) is 49.8 Å². The van der Waals surface area contributed by atoms with E-state index in [0.29, 0.717) is 5.08 Å². The molecule has 0 aromatic heterocycles. The highest BCUT2D eigenvalue weighted by molar-refractivity contribution is 8.09. The maximum atomic E-state index is 11.3. The van der Waals surface area contributed by atoms with E-state index in [2.05, 4.69) is 5.32 Å². The number of aliphatic hydroxyl groups excluding tert-OH is 1. The Morgan fingerprint density at radius 2 is 2.20 bits per heavy atom. The summed E-state index contributed by atoms with van der Waals surface area (Å²) in [5.41, 5.74) is 0. The van der Waals surface area contributed by atoms with E-state index in [1.165, 1.54) is 11.8 Å². The van der Waals surface area contributed by atoms with Crippen LogP contribution in [0.3, 0.4) is 0 Å². The number of carbonyl (C=O) groups is 1. The third-order valence-electron chi connectivity index (χ3n) is 1.40. The van der Waals surface area contributed by atoms with Gasteiger partial charge in [-0.1, -0.05) is 23.2 Å². The van der Waals surface area contributed by atoms with Crippen LogP contribution in [0.4, 0.5) is 0 Å². The van der Waals surface area contributed by atoms with Crippen molar-refractivity contribution in [1.29, 1.82) is 0 Å². The zero-order valence-corrected chi connectivity index (χ0v) is 11.3. The molecule has 0 aromatic carbocycles. The van der Waals surface area contributed by atoms with Gasteiger partial charge >= 0.3 is 0 Å². The Labute approximate surface area is 106 Å². The number of thioether (sulfide) groups is 1. The van der Waals surface area contributed by atoms with Gasteiger partial charge in [0.15, 0.2) is 4.84 Å². The third kappa shape index (κ3) is 7.41. The molecule has 0 aliphatic heterocycles. The van der Waals surface area contributed by atoms with Gasteiger partial charge in [0, 0.05) is 16.6 Å². The quantitative estimate of drug-likeness (QED) is 0.664. The van der Waals surface area contributed by atoms with Gasteiger partial charge in [-0.15, -0.1) is 0 Å². The normalized spacial score (nSPS) is 15.0. The highest BCUT2D eigenvalue weighted by Crippen LogP contribution is 2.03. The van der Waals surface area contributed by atoms with Crippen molar-refractivity contribution >= 4 is 51.7 Å². The Bertz CT molecular complexity index is 228. The standard InChI is InChI=1S/C7H13Cl2NO3S2/c1-14-4-15(13)3-5(2-11)10-7(12)6(8)9/h5-6,11H,2-4H2,1H3,(H,10,12)/t5-,15?/m1/s1. The number of rotatable bonds is 7. The molecule has 0 aliphatic rings. The van der Waals surface area contributed by atoms with Crippen LogP contribution in [0.5, 0.6) is 0 Å². The number of aliphatic hydroxyl groups is 1. The zero-order valence-electron chi connectivity index (χ0n) is 8.11.